The zero-order valence-corrected chi connectivity index (χ0v) is 21.6. The van der Waals surface area contributed by atoms with Gasteiger partial charge in [-0.05, 0) is 62.0 Å². The number of hydrogen-bond donors (Lipinski definition) is 0. The summed E-state index contributed by atoms with van der Waals surface area (Å²) in [6.45, 7) is 5.67. The molecule has 0 unspecified atom stereocenters. The van der Waals surface area contributed by atoms with Crippen molar-refractivity contribution in [1.29, 1.82) is 0 Å². The average Bonchev–Trinajstić information content (AvgIpc) is 3.18. The first-order valence-electron chi connectivity index (χ1n) is 11.1. The molecule has 0 aliphatic rings. The predicted molar refractivity (Wildman–Crippen MR) is 133 cm³/mol. The van der Waals surface area contributed by atoms with Crippen LogP contribution in [0.5, 0.6) is 0 Å². The predicted octanol–water partition coefficient (Wildman–Crippen LogP) is 4.39. The Morgan fingerprint density at radius 3 is 1.22 bits per heavy atom. The fourth-order valence-electron chi connectivity index (χ4n) is 2.82. The molecule has 1 aromatic heterocycles. The average molecular weight is 535 g/mol. The van der Waals surface area contributed by atoms with E-state index in [9.17, 15) is 19.2 Å². The van der Waals surface area contributed by atoms with E-state index in [0.717, 1.165) is 11.3 Å². The molecular formula is C22H26N6O8S. The molecule has 0 atom stereocenters. The molecule has 0 spiro atoms. The van der Waals surface area contributed by atoms with Gasteiger partial charge in [0.15, 0.2) is 0 Å². The van der Waals surface area contributed by atoms with Crippen molar-refractivity contribution in [2.75, 3.05) is 26.4 Å². The lowest BCUT2D eigenvalue weighted by Crippen LogP contribution is -2.18. The Balaban J connectivity index is 3.99. The van der Waals surface area contributed by atoms with Gasteiger partial charge in [0.2, 0.25) is 0 Å². The van der Waals surface area contributed by atoms with Gasteiger partial charge >= 0.3 is 23.9 Å². The van der Waals surface area contributed by atoms with Crippen LogP contribution in [0.25, 0.3) is 33.0 Å². The van der Waals surface area contributed by atoms with E-state index < -0.39 is 35.0 Å². The Hall–Kier alpha value is -4.32. The van der Waals surface area contributed by atoms with Gasteiger partial charge in [-0.3, -0.25) is 0 Å². The van der Waals surface area contributed by atoms with Crippen molar-refractivity contribution in [2.24, 2.45) is 10.2 Å². The second kappa shape index (κ2) is 16.4. The first-order chi connectivity index (χ1) is 17.8. The van der Waals surface area contributed by atoms with Gasteiger partial charge in [0.25, 0.3) is 0 Å². The van der Waals surface area contributed by atoms with E-state index in [4.69, 9.17) is 30.0 Å². The van der Waals surface area contributed by atoms with Crippen LogP contribution in [0.2, 0.25) is 0 Å². The number of rotatable bonds is 14. The number of carbonyl (C=O) groups is 4. The van der Waals surface area contributed by atoms with E-state index in [1.807, 2.05) is 0 Å². The van der Waals surface area contributed by atoms with Crippen molar-refractivity contribution < 1.29 is 38.1 Å². The van der Waals surface area contributed by atoms with E-state index in [-0.39, 0.29) is 49.3 Å². The molecule has 14 nitrogen and oxygen atoms in total. The third-order valence-electron chi connectivity index (χ3n) is 4.30. The molecular weight excluding hydrogens is 508 g/mol. The van der Waals surface area contributed by atoms with E-state index in [2.05, 4.69) is 20.1 Å². The number of azide groups is 2. The molecule has 0 aromatic carbocycles. The zero-order valence-electron chi connectivity index (χ0n) is 20.8. The quantitative estimate of drug-likeness (QED) is 0.0488. The summed E-state index contributed by atoms with van der Waals surface area (Å²) in [7, 11) is 0. The van der Waals surface area contributed by atoms with Crippen molar-refractivity contribution in [2.45, 2.75) is 40.8 Å². The zero-order chi connectivity index (χ0) is 27.8. The second-order valence-electron chi connectivity index (χ2n) is 6.56. The minimum absolute atomic E-state index is 0.00976. The molecule has 198 valence electrons. The number of thiophene rings is 1. The van der Waals surface area contributed by atoms with Crippen LogP contribution in [0.15, 0.2) is 21.4 Å². The molecule has 1 aromatic rings. The van der Waals surface area contributed by atoms with Crippen molar-refractivity contribution in [3.63, 3.8) is 0 Å². The van der Waals surface area contributed by atoms with Crippen LogP contribution < -0.4 is 0 Å². The van der Waals surface area contributed by atoms with E-state index in [1.165, 1.54) is 12.2 Å². The highest BCUT2D eigenvalue weighted by molar-refractivity contribution is 7.14. The Morgan fingerprint density at radius 1 is 0.676 bits per heavy atom. The number of hydrogen-bond acceptors (Lipinski definition) is 11. The maximum Gasteiger partial charge on any atom is 0.345 e. The summed E-state index contributed by atoms with van der Waals surface area (Å²) in [5.41, 5.74) is 17.5. The highest BCUT2D eigenvalue weighted by Crippen LogP contribution is 2.34. The summed E-state index contributed by atoms with van der Waals surface area (Å²) in [5, 5.41) is 7.10. The molecule has 0 amide bonds. The molecule has 0 radical (unpaired) electrons. The van der Waals surface area contributed by atoms with Gasteiger partial charge in [-0.1, -0.05) is 10.2 Å². The van der Waals surface area contributed by atoms with Crippen LogP contribution in [-0.4, -0.2) is 50.3 Å². The van der Waals surface area contributed by atoms with Crippen LogP contribution in [-0.2, 0) is 51.2 Å². The summed E-state index contributed by atoms with van der Waals surface area (Å²) in [5.74, 6) is -3.79. The molecule has 1 rings (SSSR count). The third-order valence-corrected chi connectivity index (χ3v) is 5.46. The number of esters is 4. The Morgan fingerprint density at radius 2 is 0.973 bits per heavy atom. The highest BCUT2D eigenvalue weighted by atomic mass is 32.1. The highest BCUT2D eigenvalue weighted by Gasteiger charge is 2.26. The van der Waals surface area contributed by atoms with Crippen LogP contribution in [0.3, 0.4) is 0 Å². The molecule has 0 N–H and O–H groups in total. The van der Waals surface area contributed by atoms with Gasteiger partial charge in [0.1, 0.15) is 11.1 Å². The standard InChI is InChI=1S/C22H26N6O8S/c1-5-33-19(29)13(20(30)34-6-2)9-17-15(11-25-27-23)16(12-26-28-24)18(37-17)10-14(21(31)35-7-3)22(32)36-8-4/h9-10H,5-8,11-12H2,1-4H3. The van der Waals surface area contributed by atoms with Gasteiger partial charge in [-0.2, -0.15) is 0 Å². The molecule has 0 aliphatic heterocycles. The van der Waals surface area contributed by atoms with Gasteiger partial charge in [0.05, 0.1) is 39.5 Å². The van der Waals surface area contributed by atoms with E-state index in [0.29, 0.717) is 11.1 Å². The van der Waals surface area contributed by atoms with Crippen molar-refractivity contribution in [1.82, 2.24) is 0 Å². The summed E-state index contributed by atoms with van der Waals surface area (Å²) >= 11 is 0.935. The maximum absolute atomic E-state index is 12.5. The van der Waals surface area contributed by atoms with Crippen LogP contribution in [0, 0.1) is 0 Å². The summed E-state index contributed by atoms with van der Waals surface area (Å²) in [6.07, 6.45) is 2.38. The fourth-order valence-corrected chi connectivity index (χ4v) is 4.04. The fraction of sp³-hybridized carbons (Fsp3) is 0.455. The normalized spacial score (nSPS) is 9.62. The van der Waals surface area contributed by atoms with Gasteiger partial charge in [-0.25, -0.2) is 19.2 Å². The monoisotopic (exact) mass is 534 g/mol. The third kappa shape index (κ3) is 9.00. The summed E-state index contributed by atoms with van der Waals surface area (Å²) in [6, 6.07) is 0. The molecule has 0 saturated heterocycles. The second-order valence-corrected chi connectivity index (χ2v) is 7.65. The number of ether oxygens (including phenoxy) is 4. The summed E-state index contributed by atoms with van der Waals surface area (Å²) in [4.78, 5) is 55.9. The van der Waals surface area contributed by atoms with Crippen LogP contribution in [0.1, 0.15) is 48.6 Å². The van der Waals surface area contributed by atoms with Crippen molar-refractivity contribution in [3.05, 3.63) is 52.9 Å². The molecule has 0 fully saturated rings. The molecule has 1 heterocycles. The smallest absolute Gasteiger partial charge is 0.345 e. The topological polar surface area (TPSA) is 203 Å². The summed E-state index contributed by atoms with van der Waals surface area (Å²) < 4.78 is 19.8. The minimum Gasteiger partial charge on any atom is -0.462 e. The Labute approximate surface area is 216 Å². The Kier molecular flexibility index (Phi) is 13.6. The number of nitrogens with zero attached hydrogens (tertiary/aromatic N) is 6. The van der Waals surface area contributed by atoms with E-state index >= 15 is 0 Å². The largest absolute Gasteiger partial charge is 0.462 e. The lowest BCUT2D eigenvalue weighted by atomic mass is 10.1. The first kappa shape index (κ1) is 30.7. The van der Waals surface area contributed by atoms with Crippen LogP contribution >= 0.6 is 11.3 Å². The Bertz CT molecular complexity index is 1050. The van der Waals surface area contributed by atoms with Crippen molar-refractivity contribution >= 4 is 47.4 Å². The van der Waals surface area contributed by atoms with Crippen LogP contribution in [0.4, 0.5) is 0 Å². The van der Waals surface area contributed by atoms with Crippen molar-refractivity contribution in [3.8, 4) is 0 Å². The van der Waals surface area contributed by atoms with Gasteiger partial charge in [-0.15, -0.1) is 11.3 Å². The molecule has 37 heavy (non-hydrogen) atoms. The van der Waals surface area contributed by atoms with Gasteiger partial charge in [0, 0.05) is 19.6 Å². The minimum atomic E-state index is -0.948. The lowest BCUT2D eigenvalue weighted by molar-refractivity contribution is -0.148. The van der Waals surface area contributed by atoms with E-state index in [1.54, 1.807) is 27.7 Å². The lowest BCUT2D eigenvalue weighted by Gasteiger charge is -2.07. The van der Waals surface area contributed by atoms with Gasteiger partial charge < -0.3 is 18.9 Å². The molecule has 0 bridgehead atoms. The SMILES string of the molecule is CCOC(=O)C(=Cc1sc(C=C(C(=O)OCC)C(=O)OCC)c(CN=[N+]=[N-])c1CN=[N+]=[N-])C(=O)OCC. The molecule has 15 heteroatoms. The maximum atomic E-state index is 12.5. The number of carbonyl (C=O) groups excluding carboxylic acids is 4. The molecule has 0 saturated carbocycles. The first-order valence-corrected chi connectivity index (χ1v) is 11.9. The molecule has 0 aliphatic carbocycles.